The van der Waals surface area contributed by atoms with Gasteiger partial charge in [0.25, 0.3) is 0 Å². The zero-order chi connectivity index (χ0) is 14.5. The molecule has 1 aliphatic rings. The Morgan fingerprint density at radius 2 is 2.05 bits per heavy atom. The molecule has 0 aromatic heterocycles. The third-order valence-corrected chi connectivity index (χ3v) is 4.50. The number of carbonyl (C=O) groups is 1. The average Bonchev–Trinajstić information content (AvgIpc) is 2.44. The monoisotopic (exact) mass is 316 g/mol. The normalized spacial score (nSPS) is 15.3. The number of hydrogen-bond donors (Lipinski definition) is 0. The molecule has 1 unspecified atom stereocenters. The summed E-state index contributed by atoms with van der Waals surface area (Å²) in [5.41, 5.74) is 2.03. The minimum Gasteiger partial charge on any atom is -0.594 e. The number of esters is 1. The molecule has 1 atom stereocenters. The van der Waals surface area contributed by atoms with Crippen molar-refractivity contribution in [2.45, 2.75) is 37.5 Å². The van der Waals surface area contributed by atoms with E-state index in [4.69, 9.17) is 20.2 Å². The van der Waals surface area contributed by atoms with Gasteiger partial charge in [-0.25, -0.2) is 4.79 Å². The maximum atomic E-state index is 11.5. The quantitative estimate of drug-likeness (QED) is 0.619. The van der Waals surface area contributed by atoms with Gasteiger partial charge in [-0.3, -0.25) is 0 Å². The van der Waals surface area contributed by atoms with Crippen LogP contribution in [-0.4, -0.2) is 23.7 Å². The molecule has 0 heterocycles. The van der Waals surface area contributed by atoms with Crippen molar-refractivity contribution < 1.29 is 18.8 Å². The van der Waals surface area contributed by atoms with Crippen molar-refractivity contribution in [2.24, 2.45) is 0 Å². The van der Waals surface area contributed by atoms with E-state index in [-0.39, 0.29) is 12.6 Å². The van der Waals surface area contributed by atoms with E-state index < -0.39 is 10.4 Å². The van der Waals surface area contributed by atoms with Crippen LogP contribution in [0.25, 0.3) is 0 Å². The van der Waals surface area contributed by atoms with Gasteiger partial charge in [-0.1, -0.05) is 0 Å². The molecule has 2 rings (SSSR count). The molecule has 4 nitrogen and oxygen atoms in total. The van der Waals surface area contributed by atoms with Crippen LogP contribution < -0.4 is 4.74 Å². The van der Waals surface area contributed by atoms with Gasteiger partial charge in [0.2, 0.25) is 0 Å². The van der Waals surface area contributed by atoms with E-state index >= 15 is 0 Å². The number of rotatable bonds is 5. The van der Waals surface area contributed by atoms with E-state index in [1.807, 2.05) is 0 Å². The van der Waals surface area contributed by atoms with Gasteiger partial charge in [-0.05, 0) is 44.7 Å². The molecule has 110 valence electrons. The molecule has 0 N–H and O–H groups in total. The summed E-state index contributed by atoms with van der Waals surface area (Å²) in [4.78, 5) is 12.0. The van der Waals surface area contributed by atoms with Gasteiger partial charge in [0, 0.05) is 11.1 Å². The Hall–Kier alpha value is -0.910. The molecule has 0 aliphatic heterocycles. The predicted molar refractivity (Wildman–Crippen MR) is 77.5 cm³/mol. The van der Waals surface area contributed by atoms with Crippen molar-refractivity contribution in [3.8, 4) is 5.75 Å². The van der Waals surface area contributed by atoms with E-state index in [1.165, 1.54) is 0 Å². The highest BCUT2D eigenvalue weighted by Gasteiger charge is 2.24. The fraction of sp³-hybridized carbons (Fsp3) is 0.500. The zero-order valence-electron chi connectivity index (χ0n) is 11.3. The fourth-order valence-electron chi connectivity index (χ4n) is 2.43. The first-order valence-corrected chi connectivity index (χ1v) is 8.62. The summed E-state index contributed by atoms with van der Waals surface area (Å²) in [6.45, 7) is 1.98. The maximum Gasteiger partial charge on any atom is 0.344 e. The van der Waals surface area contributed by atoms with E-state index in [0.29, 0.717) is 17.3 Å². The van der Waals surface area contributed by atoms with Crippen LogP contribution in [0.1, 0.15) is 30.9 Å². The lowest BCUT2D eigenvalue weighted by Gasteiger charge is -2.21. The predicted octanol–water partition coefficient (Wildman–Crippen LogP) is 2.77. The zero-order valence-corrected chi connectivity index (χ0v) is 12.9. The Morgan fingerprint density at radius 1 is 1.35 bits per heavy atom. The number of ether oxygens (including phenoxy) is 2. The van der Waals surface area contributed by atoms with Crippen molar-refractivity contribution in [2.75, 3.05) is 13.2 Å². The minimum absolute atomic E-state index is 0.108. The molecule has 1 aliphatic carbocycles. The minimum atomic E-state index is -1.52. The van der Waals surface area contributed by atoms with Crippen molar-refractivity contribution in [1.82, 2.24) is 0 Å². The Kier molecular flexibility index (Phi) is 5.57. The first-order chi connectivity index (χ1) is 9.63. The highest BCUT2D eigenvalue weighted by atomic mass is 35.7. The molecular formula is C14H17ClO4S. The molecule has 0 saturated carbocycles. The fourth-order valence-corrected chi connectivity index (χ4v) is 3.45. The lowest BCUT2D eigenvalue weighted by molar-refractivity contribution is -0.145. The second kappa shape index (κ2) is 7.20. The Morgan fingerprint density at radius 3 is 2.70 bits per heavy atom. The van der Waals surface area contributed by atoms with Crippen LogP contribution in [0, 0.1) is 0 Å². The summed E-state index contributed by atoms with van der Waals surface area (Å²) < 4.78 is 21.9. The van der Waals surface area contributed by atoms with Gasteiger partial charge in [0.1, 0.15) is 16.1 Å². The first-order valence-electron chi connectivity index (χ1n) is 6.64. The van der Waals surface area contributed by atoms with Crippen molar-refractivity contribution in [1.29, 1.82) is 0 Å². The Labute approximate surface area is 126 Å². The van der Waals surface area contributed by atoms with E-state index in [9.17, 15) is 9.35 Å². The second-order valence-electron chi connectivity index (χ2n) is 4.54. The highest BCUT2D eigenvalue weighted by molar-refractivity contribution is 8.13. The lowest BCUT2D eigenvalue weighted by Crippen LogP contribution is -2.17. The van der Waals surface area contributed by atoms with Crippen molar-refractivity contribution in [3.05, 3.63) is 23.3 Å². The summed E-state index contributed by atoms with van der Waals surface area (Å²) >= 11 is 0. The number of benzene rings is 1. The second-order valence-corrected chi connectivity index (χ2v) is 6.27. The molecule has 0 radical (unpaired) electrons. The molecule has 0 spiro atoms. The number of carbonyl (C=O) groups excluding carboxylic acids is 1. The van der Waals surface area contributed by atoms with Gasteiger partial charge in [-0.2, -0.15) is 0 Å². The van der Waals surface area contributed by atoms with Crippen LogP contribution >= 0.6 is 10.7 Å². The third-order valence-electron chi connectivity index (χ3n) is 3.27. The molecule has 6 heteroatoms. The van der Waals surface area contributed by atoms with Crippen molar-refractivity contribution >= 4 is 27.0 Å². The van der Waals surface area contributed by atoms with E-state index in [1.54, 1.807) is 19.1 Å². The van der Waals surface area contributed by atoms with Crippen LogP contribution in [0.5, 0.6) is 5.75 Å². The first kappa shape index (κ1) is 15.5. The molecule has 1 aromatic carbocycles. The molecule has 0 fully saturated rings. The van der Waals surface area contributed by atoms with Gasteiger partial charge in [0.15, 0.2) is 22.2 Å². The Balaban J connectivity index is 2.19. The molecular weight excluding hydrogens is 300 g/mol. The number of hydrogen-bond acceptors (Lipinski definition) is 4. The topological polar surface area (TPSA) is 58.6 Å². The Bertz CT molecular complexity index is 490. The SMILES string of the molecule is CCOC(=O)COc1ccc([S+]([O-])Cl)c2c1CCCC2. The molecule has 20 heavy (non-hydrogen) atoms. The molecule has 0 amide bonds. The van der Waals surface area contributed by atoms with Crippen LogP contribution in [0.15, 0.2) is 17.0 Å². The molecule has 0 bridgehead atoms. The van der Waals surface area contributed by atoms with Gasteiger partial charge in [0.05, 0.1) is 6.61 Å². The van der Waals surface area contributed by atoms with E-state index in [2.05, 4.69) is 0 Å². The van der Waals surface area contributed by atoms with Crippen LogP contribution in [0.2, 0.25) is 0 Å². The van der Waals surface area contributed by atoms with Crippen molar-refractivity contribution in [3.63, 3.8) is 0 Å². The largest absolute Gasteiger partial charge is 0.594 e. The molecule has 0 saturated heterocycles. The summed E-state index contributed by atoms with van der Waals surface area (Å²) in [6, 6.07) is 3.45. The number of halogens is 1. The number of fused-ring (bicyclic) bond motifs is 1. The van der Waals surface area contributed by atoms with Crippen LogP contribution in [0.4, 0.5) is 0 Å². The van der Waals surface area contributed by atoms with Gasteiger partial charge >= 0.3 is 5.97 Å². The summed E-state index contributed by atoms with van der Waals surface area (Å²) in [5, 5.41) is 0. The summed E-state index contributed by atoms with van der Waals surface area (Å²) in [6.07, 6.45) is 3.81. The van der Waals surface area contributed by atoms with E-state index in [0.717, 1.165) is 36.8 Å². The average molecular weight is 317 g/mol. The summed E-state index contributed by atoms with van der Waals surface area (Å²) in [5.74, 6) is 0.278. The standard InChI is InChI=1S/C14H17ClO4S/c1-2-18-14(16)9-19-12-7-8-13(20(15)17)11-6-4-3-5-10(11)12/h7-8H,2-6,9H2,1H3. The van der Waals surface area contributed by atoms with Gasteiger partial charge in [-0.15, -0.1) is 0 Å². The molecule has 1 aromatic rings. The third kappa shape index (κ3) is 3.59. The smallest absolute Gasteiger partial charge is 0.344 e. The summed E-state index contributed by atoms with van der Waals surface area (Å²) in [7, 11) is 4.20. The van der Waals surface area contributed by atoms with Crippen LogP contribution in [0.3, 0.4) is 0 Å². The van der Waals surface area contributed by atoms with Crippen LogP contribution in [-0.2, 0) is 32.8 Å². The van der Waals surface area contributed by atoms with Gasteiger partial charge < -0.3 is 14.0 Å². The lowest BCUT2D eigenvalue weighted by atomic mass is 9.91. The highest BCUT2D eigenvalue weighted by Crippen LogP contribution is 2.35. The maximum absolute atomic E-state index is 11.5.